The minimum atomic E-state index is -1.22. The average Bonchev–Trinajstić information content (AvgIpc) is 2.40. The summed E-state index contributed by atoms with van der Waals surface area (Å²) in [6.07, 6.45) is 0. The van der Waals surface area contributed by atoms with Crippen LogP contribution in [0, 0.1) is 12.7 Å². The Morgan fingerprint density at radius 2 is 1.95 bits per heavy atom. The second kappa shape index (κ2) is 5.64. The van der Waals surface area contributed by atoms with E-state index < -0.39 is 5.97 Å². The molecule has 104 valence electrons. The molecule has 2 rings (SSSR count). The van der Waals surface area contributed by atoms with Gasteiger partial charge in [-0.05, 0) is 31.5 Å². The predicted molar refractivity (Wildman–Crippen MR) is 70.3 cm³/mol. The van der Waals surface area contributed by atoms with E-state index in [4.69, 9.17) is 9.84 Å². The SMILES string of the molecule is CCOc1c(C(=O)O)nnc(C)c1-c1ccc(F)cc1. The van der Waals surface area contributed by atoms with Gasteiger partial charge in [0.15, 0.2) is 5.75 Å². The molecule has 0 spiro atoms. The number of nitrogens with zero attached hydrogens (tertiary/aromatic N) is 2. The molecule has 1 aromatic carbocycles. The van der Waals surface area contributed by atoms with Gasteiger partial charge < -0.3 is 9.84 Å². The first-order valence-corrected chi connectivity index (χ1v) is 6.04. The highest BCUT2D eigenvalue weighted by Gasteiger charge is 2.21. The molecule has 0 aliphatic heterocycles. The van der Waals surface area contributed by atoms with Gasteiger partial charge in [-0.25, -0.2) is 9.18 Å². The van der Waals surface area contributed by atoms with E-state index in [1.54, 1.807) is 26.0 Å². The maximum atomic E-state index is 13.0. The Kier molecular flexibility index (Phi) is 3.93. The van der Waals surface area contributed by atoms with Gasteiger partial charge in [-0.3, -0.25) is 0 Å². The predicted octanol–water partition coefficient (Wildman–Crippen LogP) is 2.69. The molecule has 6 heteroatoms. The molecule has 0 fully saturated rings. The van der Waals surface area contributed by atoms with Crippen LogP contribution in [0.2, 0.25) is 0 Å². The summed E-state index contributed by atoms with van der Waals surface area (Å²) in [5.41, 5.74) is 1.41. The number of hydrogen-bond donors (Lipinski definition) is 1. The van der Waals surface area contributed by atoms with E-state index in [-0.39, 0.29) is 17.3 Å². The molecular weight excluding hydrogens is 263 g/mol. The molecule has 1 aromatic heterocycles. The molecule has 0 saturated heterocycles. The molecule has 2 aromatic rings. The second-order valence-electron chi connectivity index (χ2n) is 4.08. The first kappa shape index (κ1) is 13.9. The van der Waals surface area contributed by atoms with Gasteiger partial charge in [-0.2, -0.15) is 5.10 Å². The third kappa shape index (κ3) is 2.59. The van der Waals surface area contributed by atoms with Crippen molar-refractivity contribution in [2.75, 3.05) is 6.61 Å². The van der Waals surface area contributed by atoms with Crippen molar-refractivity contribution in [3.05, 3.63) is 41.5 Å². The van der Waals surface area contributed by atoms with Crippen molar-refractivity contribution in [1.82, 2.24) is 10.2 Å². The van der Waals surface area contributed by atoms with E-state index in [0.29, 0.717) is 23.4 Å². The van der Waals surface area contributed by atoms with Crippen LogP contribution in [0.4, 0.5) is 4.39 Å². The standard InChI is InChI=1S/C14H13FN2O3/c1-3-20-13-11(9-4-6-10(15)7-5-9)8(2)16-17-12(13)14(18)19/h4-7H,3H2,1-2H3,(H,18,19). The Morgan fingerprint density at radius 1 is 1.30 bits per heavy atom. The monoisotopic (exact) mass is 276 g/mol. The first-order chi connectivity index (χ1) is 9.54. The van der Waals surface area contributed by atoms with E-state index in [2.05, 4.69) is 10.2 Å². The number of aryl methyl sites for hydroxylation is 1. The molecule has 1 heterocycles. The van der Waals surface area contributed by atoms with Crippen LogP contribution in [-0.2, 0) is 0 Å². The van der Waals surface area contributed by atoms with Crippen LogP contribution in [0.1, 0.15) is 23.1 Å². The third-order valence-corrected chi connectivity index (χ3v) is 2.73. The Hall–Kier alpha value is -2.50. The smallest absolute Gasteiger partial charge is 0.360 e. The van der Waals surface area contributed by atoms with Crippen molar-refractivity contribution in [2.45, 2.75) is 13.8 Å². The molecule has 0 amide bonds. The molecule has 1 N–H and O–H groups in total. The fraction of sp³-hybridized carbons (Fsp3) is 0.214. The summed E-state index contributed by atoms with van der Waals surface area (Å²) in [7, 11) is 0. The molecule has 0 saturated carbocycles. The zero-order valence-corrected chi connectivity index (χ0v) is 11.1. The van der Waals surface area contributed by atoms with Crippen molar-refractivity contribution in [2.24, 2.45) is 0 Å². The normalized spacial score (nSPS) is 10.3. The molecule has 0 aliphatic carbocycles. The fourth-order valence-corrected chi connectivity index (χ4v) is 1.88. The highest BCUT2D eigenvalue weighted by Crippen LogP contribution is 2.34. The summed E-state index contributed by atoms with van der Waals surface area (Å²) in [6, 6.07) is 5.69. The van der Waals surface area contributed by atoms with Crippen LogP contribution in [0.5, 0.6) is 5.75 Å². The van der Waals surface area contributed by atoms with Crippen molar-refractivity contribution in [3.8, 4) is 16.9 Å². The number of rotatable bonds is 4. The maximum Gasteiger partial charge on any atom is 0.360 e. The van der Waals surface area contributed by atoms with Gasteiger partial charge >= 0.3 is 5.97 Å². The molecular formula is C14H13FN2O3. The molecule has 0 aliphatic rings. The zero-order chi connectivity index (χ0) is 14.7. The van der Waals surface area contributed by atoms with Crippen molar-refractivity contribution < 1.29 is 19.0 Å². The van der Waals surface area contributed by atoms with E-state index >= 15 is 0 Å². The number of carboxylic acid groups (broad SMARTS) is 1. The lowest BCUT2D eigenvalue weighted by atomic mass is 10.0. The summed E-state index contributed by atoms with van der Waals surface area (Å²) >= 11 is 0. The number of ether oxygens (including phenoxy) is 1. The van der Waals surface area contributed by atoms with Gasteiger partial charge in [0.05, 0.1) is 12.3 Å². The number of hydrogen-bond acceptors (Lipinski definition) is 4. The fourth-order valence-electron chi connectivity index (χ4n) is 1.88. The topological polar surface area (TPSA) is 72.3 Å². The van der Waals surface area contributed by atoms with Crippen LogP contribution in [0.15, 0.2) is 24.3 Å². The lowest BCUT2D eigenvalue weighted by Crippen LogP contribution is -2.10. The zero-order valence-electron chi connectivity index (χ0n) is 11.1. The van der Waals surface area contributed by atoms with Gasteiger partial charge in [-0.1, -0.05) is 12.1 Å². The summed E-state index contributed by atoms with van der Waals surface area (Å²) in [6.45, 7) is 3.73. The summed E-state index contributed by atoms with van der Waals surface area (Å²) in [5.74, 6) is -1.44. The molecule has 0 radical (unpaired) electrons. The summed E-state index contributed by atoms with van der Waals surface area (Å²) < 4.78 is 18.4. The van der Waals surface area contributed by atoms with E-state index in [9.17, 15) is 9.18 Å². The van der Waals surface area contributed by atoms with E-state index in [1.165, 1.54) is 12.1 Å². The van der Waals surface area contributed by atoms with Crippen LogP contribution in [0.25, 0.3) is 11.1 Å². The molecule has 0 unspecified atom stereocenters. The molecule has 20 heavy (non-hydrogen) atoms. The van der Waals surface area contributed by atoms with Crippen molar-refractivity contribution >= 4 is 5.97 Å². The second-order valence-corrected chi connectivity index (χ2v) is 4.08. The number of aromatic nitrogens is 2. The Morgan fingerprint density at radius 3 is 2.50 bits per heavy atom. The first-order valence-electron chi connectivity index (χ1n) is 6.04. The highest BCUT2D eigenvalue weighted by molar-refractivity contribution is 5.92. The quantitative estimate of drug-likeness (QED) is 0.929. The van der Waals surface area contributed by atoms with Crippen LogP contribution in [-0.4, -0.2) is 27.9 Å². The Labute approximate surface area is 115 Å². The van der Waals surface area contributed by atoms with Gasteiger partial charge in [0.2, 0.25) is 5.69 Å². The van der Waals surface area contributed by atoms with Gasteiger partial charge in [0.1, 0.15) is 5.82 Å². The van der Waals surface area contributed by atoms with Gasteiger partial charge in [0, 0.05) is 5.56 Å². The van der Waals surface area contributed by atoms with Crippen LogP contribution >= 0.6 is 0 Å². The maximum absolute atomic E-state index is 13.0. The van der Waals surface area contributed by atoms with Gasteiger partial charge in [0.25, 0.3) is 0 Å². The van der Waals surface area contributed by atoms with Crippen LogP contribution in [0.3, 0.4) is 0 Å². The number of benzene rings is 1. The van der Waals surface area contributed by atoms with E-state index in [0.717, 1.165) is 0 Å². The number of carboxylic acids is 1. The number of halogens is 1. The van der Waals surface area contributed by atoms with Gasteiger partial charge in [-0.15, -0.1) is 5.10 Å². The Bertz CT molecular complexity index is 642. The third-order valence-electron chi connectivity index (χ3n) is 2.73. The molecule has 0 bridgehead atoms. The van der Waals surface area contributed by atoms with Crippen molar-refractivity contribution in [1.29, 1.82) is 0 Å². The summed E-state index contributed by atoms with van der Waals surface area (Å²) in [4.78, 5) is 11.2. The molecule has 5 nitrogen and oxygen atoms in total. The number of carbonyl (C=O) groups is 1. The van der Waals surface area contributed by atoms with E-state index in [1.807, 2.05) is 0 Å². The average molecular weight is 276 g/mol. The lowest BCUT2D eigenvalue weighted by Gasteiger charge is -2.13. The largest absolute Gasteiger partial charge is 0.491 e. The Balaban J connectivity index is 2.69. The minimum absolute atomic E-state index is 0.152. The number of aromatic carboxylic acids is 1. The minimum Gasteiger partial charge on any atom is -0.491 e. The molecule has 0 atom stereocenters. The lowest BCUT2D eigenvalue weighted by molar-refractivity contribution is 0.0684. The highest BCUT2D eigenvalue weighted by atomic mass is 19.1. The van der Waals surface area contributed by atoms with Crippen LogP contribution < -0.4 is 4.74 Å². The summed E-state index contributed by atoms with van der Waals surface area (Å²) in [5, 5.41) is 16.6. The van der Waals surface area contributed by atoms with Crippen molar-refractivity contribution in [3.63, 3.8) is 0 Å².